The molecule has 0 N–H and O–H groups in total. The normalized spacial score (nSPS) is 10.7. The number of rotatable bonds is 6. The zero-order chi connectivity index (χ0) is 15.4. The highest BCUT2D eigenvalue weighted by molar-refractivity contribution is 9.08. The molecule has 0 saturated carbocycles. The van der Waals surface area contributed by atoms with Crippen molar-refractivity contribution in [1.29, 1.82) is 0 Å². The van der Waals surface area contributed by atoms with E-state index >= 15 is 0 Å². The van der Waals surface area contributed by atoms with Crippen molar-refractivity contribution in [2.24, 2.45) is 7.05 Å². The van der Waals surface area contributed by atoms with Crippen LogP contribution in [0.2, 0.25) is 5.02 Å². The van der Waals surface area contributed by atoms with Gasteiger partial charge in [-0.05, 0) is 19.9 Å². The van der Waals surface area contributed by atoms with Gasteiger partial charge in [0.25, 0.3) is 0 Å². The second kappa shape index (κ2) is 7.18. The van der Waals surface area contributed by atoms with Gasteiger partial charge >= 0.3 is 0 Å². The van der Waals surface area contributed by atoms with E-state index < -0.39 is 0 Å². The fraction of sp³-hybridized carbons (Fsp3) is 0.400. The van der Waals surface area contributed by atoms with E-state index in [1.54, 1.807) is 4.68 Å². The van der Waals surface area contributed by atoms with Crippen LogP contribution >= 0.6 is 27.5 Å². The lowest BCUT2D eigenvalue weighted by atomic mass is 10.2. The average molecular weight is 374 g/mol. The number of aryl methyl sites for hydroxylation is 2. The number of para-hydroxylation sites is 1. The summed E-state index contributed by atoms with van der Waals surface area (Å²) in [7, 11) is 1.86. The molecule has 0 saturated heterocycles. The van der Waals surface area contributed by atoms with Crippen molar-refractivity contribution in [3.8, 4) is 11.5 Å². The molecule has 1 aromatic heterocycles. The first-order valence-corrected chi connectivity index (χ1v) is 8.19. The molecule has 1 aromatic carbocycles. The number of nitrogens with zero attached hydrogens (tertiary/aromatic N) is 2. The summed E-state index contributed by atoms with van der Waals surface area (Å²) in [5, 5.41) is 5.63. The van der Waals surface area contributed by atoms with Gasteiger partial charge in [-0.25, -0.2) is 0 Å². The maximum Gasteiger partial charge on any atom is 0.165 e. The lowest BCUT2D eigenvalue weighted by Gasteiger charge is -2.15. The van der Waals surface area contributed by atoms with E-state index in [4.69, 9.17) is 21.1 Å². The third-order valence-electron chi connectivity index (χ3n) is 3.12. The summed E-state index contributed by atoms with van der Waals surface area (Å²) < 4.78 is 13.3. The topological polar surface area (TPSA) is 36.3 Å². The molecule has 2 rings (SSSR count). The lowest BCUT2D eigenvalue weighted by molar-refractivity contribution is 0.261. The fourth-order valence-electron chi connectivity index (χ4n) is 2.08. The zero-order valence-corrected chi connectivity index (χ0v) is 14.7. The van der Waals surface area contributed by atoms with Gasteiger partial charge in [0.2, 0.25) is 0 Å². The van der Waals surface area contributed by atoms with E-state index in [2.05, 4.69) is 21.0 Å². The van der Waals surface area contributed by atoms with Crippen molar-refractivity contribution in [1.82, 2.24) is 9.78 Å². The number of aromatic nitrogens is 2. The first kappa shape index (κ1) is 16.2. The molecule has 21 heavy (non-hydrogen) atoms. The predicted octanol–water partition coefficient (Wildman–Crippen LogP) is 4.25. The Morgan fingerprint density at radius 1 is 1.33 bits per heavy atom. The number of hydrogen-bond donors (Lipinski definition) is 0. The van der Waals surface area contributed by atoms with Gasteiger partial charge in [-0.2, -0.15) is 5.10 Å². The van der Waals surface area contributed by atoms with Crippen molar-refractivity contribution < 1.29 is 9.47 Å². The number of ether oxygens (including phenoxy) is 2. The highest BCUT2D eigenvalue weighted by atomic mass is 79.9. The Bertz CT molecular complexity index is 628. The minimum atomic E-state index is 0.347. The molecule has 0 spiro atoms. The third-order valence-corrected chi connectivity index (χ3v) is 4.21. The van der Waals surface area contributed by atoms with Crippen LogP contribution in [0.1, 0.15) is 23.9 Å². The summed E-state index contributed by atoms with van der Waals surface area (Å²) in [6.45, 7) is 4.77. The highest BCUT2D eigenvalue weighted by Gasteiger charge is 2.15. The van der Waals surface area contributed by atoms with Crippen LogP contribution in [0.5, 0.6) is 11.5 Å². The Morgan fingerprint density at radius 2 is 2.10 bits per heavy atom. The Labute approximate surface area is 138 Å². The number of benzene rings is 1. The molecule has 2 aromatic rings. The molecule has 0 atom stereocenters. The molecule has 0 aliphatic heterocycles. The molecule has 0 radical (unpaired) electrons. The van der Waals surface area contributed by atoms with E-state index in [-0.39, 0.29) is 0 Å². The average Bonchev–Trinajstić information content (AvgIpc) is 2.71. The molecule has 4 nitrogen and oxygen atoms in total. The van der Waals surface area contributed by atoms with Gasteiger partial charge in [0.15, 0.2) is 11.5 Å². The molecule has 0 bridgehead atoms. The van der Waals surface area contributed by atoms with Crippen LogP contribution in [0.25, 0.3) is 0 Å². The Hall–Kier alpha value is -1.20. The van der Waals surface area contributed by atoms with Crippen molar-refractivity contribution in [2.45, 2.75) is 25.8 Å². The first-order chi connectivity index (χ1) is 10.1. The number of halogens is 2. The summed E-state index contributed by atoms with van der Waals surface area (Å²) >= 11 is 9.72. The van der Waals surface area contributed by atoms with E-state index in [0.717, 1.165) is 28.5 Å². The maximum absolute atomic E-state index is 6.25. The van der Waals surface area contributed by atoms with Crippen molar-refractivity contribution in [3.05, 3.63) is 40.2 Å². The smallest absolute Gasteiger partial charge is 0.165 e. The number of hydrogen-bond acceptors (Lipinski definition) is 3. The van der Waals surface area contributed by atoms with Gasteiger partial charge < -0.3 is 9.47 Å². The Balaban J connectivity index is 2.26. The lowest BCUT2D eigenvalue weighted by Crippen LogP contribution is -2.06. The van der Waals surface area contributed by atoms with Crippen molar-refractivity contribution in [2.75, 3.05) is 6.61 Å². The largest absolute Gasteiger partial charge is 0.490 e. The van der Waals surface area contributed by atoms with E-state index in [0.29, 0.717) is 23.6 Å². The Morgan fingerprint density at radius 3 is 2.67 bits per heavy atom. The molecule has 0 fully saturated rings. The van der Waals surface area contributed by atoms with Gasteiger partial charge in [0.1, 0.15) is 6.61 Å². The second-order valence-electron chi connectivity index (χ2n) is 4.57. The summed E-state index contributed by atoms with van der Waals surface area (Å²) in [6.07, 6.45) is 0. The molecular formula is C15H18BrClN2O2. The minimum absolute atomic E-state index is 0.347. The fourth-order valence-corrected chi connectivity index (χ4v) is 2.73. The first-order valence-electron chi connectivity index (χ1n) is 6.69. The molecule has 0 aliphatic carbocycles. The van der Waals surface area contributed by atoms with Crippen LogP contribution in [0.15, 0.2) is 18.2 Å². The maximum atomic E-state index is 6.25. The van der Waals surface area contributed by atoms with Gasteiger partial charge in [0, 0.05) is 17.9 Å². The van der Waals surface area contributed by atoms with Gasteiger partial charge in [-0.15, -0.1) is 0 Å². The van der Waals surface area contributed by atoms with Crippen LogP contribution < -0.4 is 9.47 Å². The van der Waals surface area contributed by atoms with E-state index in [1.165, 1.54) is 0 Å². The van der Waals surface area contributed by atoms with E-state index in [1.807, 2.05) is 39.1 Å². The Kier molecular flexibility index (Phi) is 5.53. The van der Waals surface area contributed by atoms with Gasteiger partial charge in [-0.3, -0.25) is 4.68 Å². The molecule has 0 unspecified atom stereocenters. The quantitative estimate of drug-likeness (QED) is 0.710. The summed E-state index contributed by atoms with van der Waals surface area (Å²) in [6, 6.07) is 5.86. The second-order valence-corrected chi connectivity index (χ2v) is 5.51. The third kappa shape index (κ3) is 3.52. The predicted molar refractivity (Wildman–Crippen MR) is 87.5 cm³/mol. The van der Waals surface area contributed by atoms with Crippen LogP contribution in [-0.4, -0.2) is 16.4 Å². The van der Waals surface area contributed by atoms with Crippen molar-refractivity contribution >= 4 is 27.5 Å². The van der Waals surface area contributed by atoms with Crippen LogP contribution in [0, 0.1) is 6.92 Å². The highest BCUT2D eigenvalue weighted by Crippen LogP contribution is 2.34. The summed E-state index contributed by atoms with van der Waals surface area (Å²) in [5.41, 5.74) is 2.69. The van der Waals surface area contributed by atoms with Crippen LogP contribution in [0.4, 0.5) is 0 Å². The standard InChI is InChI=1S/C15H18BrClN2O2/c1-4-20-13-7-5-6-11(8-16)15(13)21-9-12-14(17)10(2)18-19(12)3/h5-7H,4,8-9H2,1-3H3. The van der Waals surface area contributed by atoms with Crippen molar-refractivity contribution in [3.63, 3.8) is 0 Å². The monoisotopic (exact) mass is 372 g/mol. The molecular weight excluding hydrogens is 356 g/mol. The van der Waals surface area contributed by atoms with Gasteiger partial charge in [-0.1, -0.05) is 39.7 Å². The van der Waals surface area contributed by atoms with Gasteiger partial charge in [0.05, 0.1) is 23.0 Å². The summed E-state index contributed by atoms with van der Waals surface area (Å²) in [4.78, 5) is 0. The van der Waals surface area contributed by atoms with E-state index in [9.17, 15) is 0 Å². The van der Waals surface area contributed by atoms with Crippen LogP contribution in [0.3, 0.4) is 0 Å². The molecule has 0 amide bonds. The molecule has 0 aliphatic rings. The zero-order valence-electron chi connectivity index (χ0n) is 12.3. The van der Waals surface area contributed by atoms with Crippen LogP contribution in [-0.2, 0) is 19.0 Å². The minimum Gasteiger partial charge on any atom is -0.490 e. The molecule has 6 heteroatoms. The SMILES string of the molecule is CCOc1cccc(CBr)c1OCc1c(Cl)c(C)nn1C. The molecule has 1 heterocycles. The molecule has 114 valence electrons. The summed E-state index contributed by atoms with van der Waals surface area (Å²) in [5.74, 6) is 1.48. The number of alkyl halides is 1.